The van der Waals surface area contributed by atoms with Crippen molar-refractivity contribution in [3.05, 3.63) is 67.6 Å². The summed E-state index contributed by atoms with van der Waals surface area (Å²) in [5.74, 6) is -1.09. The van der Waals surface area contributed by atoms with E-state index in [2.05, 4.69) is 21.2 Å². The van der Waals surface area contributed by atoms with Crippen LogP contribution in [0.2, 0.25) is 10.0 Å². The summed E-state index contributed by atoms with van der Waals surface area (Å²) >= 11 is 14.7. The maximum atomic E-state index is 14.2. The van der Waals surface area contributed by atoms with Crippen molar-refractivity contribution in [3.8, 4) is 0 Å². The standard InChI is InChI=1S/C14H10BrCl2F2N/c1-20-14(7-2-5-10(16)11(18)6-7)8-3-4-9(15)12(17)13(8)19/h2-6,14,20H,1H3. The van der Waals surface area contributed by atoms with Gasteiger partial charge in [-0.2, -0.15) is 0 Å². The molecule has 0 heterocycles. The Morgan fingerprint density at radius 2 is 1.85 bits per heavy atom. The lowest BCUT2D eigenvalue weighted by molar-refractivity contribution is 0.571. The van der Waals surface area contributed by atoms with Gasteiger partial charge in [-0.1, -0.05) is 35.3 Å². The van der Waals surface area contributed by atoms with Crippen LogP contribution in [-0.2, 0) is 0 Å². The molecule has 0 aromatic heterocycles. The van der Waals surface area contributed by atoms with E-state index in [0.717, 1.165) is 0 Å². The third kappa shape index (κ3) is 2.98. The first-order chi connectivity index (χ1) is 9.45. The molecule has 0 fully saturated rings. The predicted molar refractivity (Wildman–Crippen MR) is 81.4 cm³/mol. The van der Waals surface area contributed by atoms with E-state index in [0.29, 0.717) is 15.6 Å². The number of hydrogen-bond donors (Lipinski definition) is 1. The maximum absolute atomic E-state index is 14.2. The first-order valence-electron chi connectivity index (χ1n) is 5.71. The van der Waals surface area contributed by atoms with Gasteiger partial charge in [0.05, 0.1) is 16.1 Å². The zero-order chi connectivity index (χ0) is 14.9. The van der Waals surface area contributed by atoms with E-state index in [4.69, 9.17) is 23.2 Å². The zero-order valence-corrected chi connectivity index (χ0v) is 13.5. The second kappa shape index (κ2) is 6.39. The van der Waals surface area contributed by atoms with Gasteiger partial charge in [-0.25, -0.2) is 8.78 Å². The molecule has 0 bridgehead atoms. The Balaban J connectivity index is 2.52. The molecular formula is C14H10BrCl2F2N. The quantitative estimate of drug-likeness (QED) is 0.708. The van der Waals surface area contributed by atoms with E-state index in [1.807, 2.05) is 0 Å². The number of rotatable bonds is 3. The van der Waals surface area contributed by atoms with Gasteiger partial charge in [-0.3, -0.25) is 0 Å². The molecule has 1 atom stereocenters. The van der Waals surface area contributed by atoms with E-state index in [9.17, 15) is 8.78 Å². The molecule has 2 rings (SSSR count). The highest BCUT2D eigenvalue weighted by Gasteiger charge is 2.20. The fourth-order valence-electron chi connectivity index (χ4n) is 1.96. The number of benzene rings is 2. The zero-order valence-electron chi connectivity index (χ0n) is 10.4. The Labute approximate surface area is 134 Å². The fraction of sp³-hybridized carbons (Fsp3) is 0.143. The molecule has 1 nitrogen and oxygen atoms in total. The van der Waals surface area contributed by atoms with E-state index in [1.54, 1.807) is 25.2 Å². The fourth-order valence-corrected chi connectivity index (χ4v) is 2.55. The molecule has 0 spiro atoms. The SMILES string of the molecule is CNC(c1ccc(Cl)c(F)c1)c1ccc(Br)c(Cl)c1F. The highest BCUT2D eigenvalue weighted by Crippen LogP contribution is 2.33. The summed E-state index contributed by atoms with van der Waals surface area (Å²) < 4.78 is 28.3. The van der Waals surface area contributed by atoms with Crippen LogP contribution in [0.5, 0.6) is 0 Å². The van der Waals surface area contributed by atoms with Gasteiger partial charge in [0.25, 0.3) is 0 Å². The Kier molecular flexibility index (Phi) is 5.02. The first-order valence-corrected chi connectivity index (χ1v) is 7.26. The van der Waals surface area contributed by atoms with Gasteiger partial charge in [-0.05, 0) is 46.7 Å². The van der Waals surface area contributed by atoms with Crippen LogP contribution >= 0.6 is 39.1 Å². The van der Waals surface area contributed by atoms with Crippen LogP contribution in [0.3, 0.4) is 0 Å². The summed E-state index contributed by atoms with van der Waals surface area (Å²) in [4.78, 5) is 0. The summed E-state index contributed by atoms with van der Waals surface area (Å²) in [5.41, 5.74) is 0.897. The van der Waals surface area contributed by atoms with E-state index < -0.39 is 17.7 Å². The monoisotopic (exact) mass is 379 g/mol. The lowest BCUT2D eigenvalue weighted by atomic mass is 9.98. The minimum Gasteiger partial charge on any atom is -0.309 e. The third-order valence-corrected chi connectivity index (χ3v) is 4.51. The molecule has 2 aromatic carbocycles. The van der Waals surface area contributed by atoms with Crippen LogP contribution in [0, 0.1) is 11.6 Å². The lowest BCUT2D eigenvalue weighted by Crippen LogP contribution is -2.19. The molecule has 0 aliphatic rings. The summed E-state index contributed by atoms with van der Waals surface area (Å²) in [7, 11) is 1.66. The molecule has 0 saturated heterocycles. The smallest absolute Gasteiger partial charge is 0.148 e. The second-order valence-corrected chi connectivity index (χ2v) is 5.80. The third-order valence-electron chi connectivity index (χ3n) is 2.94. The van der Waals surface area contributed by atoms with Gasteiger partial charge in [-0.15, -0.1) is 0 Å². The molecule has 0 saturated carbocycles. The van der Waals surface area contributed by atoms with Crippen molar-refractivity contribution in [1.82, 2.24) is 5.32 Å². The topological polar surface area (TPSA) is 12.0 Å². The van der Waals surface area contributed by atoms with Gasteiger partial charge < -0.3 is 5.32 Å². The normalized spacial score (nSPS) is 12.5. The van der Waals surface area contributed by atoms with Crippen LogP contribution in [0.1, 0.15) is 17.2 Å². The van der Waals surface area contributed by atoms with Crippen molar-refractivity contribution >= 4 is 39.1 Å². The summed E-state index contributed by atoms with van der Waals surface area (Å²) in [6.45, 7) is 0. The Morgan fingerprint density at radius 3 is 2.45 bits per heavy atom. The van der Waals surface area contributed by atoms with Gasteiger partial charge in [0, 0.05) is 10.0 Å². The van der Waals surface area contributed by atoms with Gasteiger partial charge in [0.15, 0.2) is 0 Å². The maximum Gasteiger partial charge on any atom is 0.148 e. The first kappa shape index (κ1) is 15.7. The van der Waals surface area contributed by atoms with E-state index in [-0.39, 0.29) is 10.0 Å². The van der Waals surface area contributed by atoms with Crippen molar-refractivity contribution in [3.63, 3.8) is 0 Å². The molecule has 0 radical (unpaired) electrons. The van der Waals surface area contributed by atoms with Crippen LogP contribution in [-0.4, -0.2) is 7.05 Å². The molecule has 106 valence electrons. The van der Waals surface area contributed by atoms with E-state index >= 15 is 0 Å². The van der Waals surface area contributed by atoms with Gasteiger partial charge >= 0.3 is 0 Å². The Hall–Kier alpha value is -0.680. The second-order valence-electron chi connectivity index (χ2n) is 4.16. The number of halogens is 5. The van der Waals surface area contributed by atoms with Crippen molar-refractivity contribution in [2.75, 3.05) is 7.05 Å². The van der Waals surface area contributed by atoms with Crippen LogP contribution in [0.15, 0.2) is 34.8 Å². The van der Waals surface area contributed by atoms with Crippen LogP contribution in [0.25, 0.3) is 0 Å². The molecule has 0 amide bonds. The van der Waals surface area contributed by atoms with Crippen LogP contribution in [0.4, 0.5) is 8.78 Å². The molecular weight excluding hydrogens is 371 g/mol. The van der Waals surface area contributed by atoms with Crippen LogP contribution < -0.4 is 5.32 Å². The number of hydrogen-bond acceptors (Lipinski definition) is 1. The Morgan fingerprint density at radius 1 is 1.15 bits per heavy atom. The summed E-state index contributed by atoms with van der Waals surface area (Å²) in [6.07, 6.45) is 0. The predicted octanol–water partition coefficient (Wildman–Crippen LogP) is 5.34. The molecule has 1 N–H and O–H groups in total. The lowest BCUT2D eigenvalue weighted by Gasteiger charge is -2.19. The summed E-state index contributed by atoms with van der Waals surface area (Å²) in [6, 6.07) is 7.08. The van der Waals surface area contributed by atoms with Crippen molar-refractivity contribution in [1.29, 1.82) is 0 Å². The highest BCUT2D eigenvalue weighted by molar-refractivity contribution is 9.10. The van der Waals surface area contributed by atoms with Gasteiger partial charge in [0.2, 0.25) is 0 Å². The molecule has 6 heteroatoms. The average Bonchev–Trinajstić information content (AvgIpc) is 2.43. The minimum absolute atomic E-state index is 0.00261. The molecule has 1 unspecified atom stereocenters. The Bertz CT molecular complexity index is 649. The summed E-state index contributed by atoms with van der Waals surface area (Å²) in [5, 5.41) is 2.97. The molecule has 2 aromatic rings. The molecule has 20 heavy (non-hydrogen) atoms. The molecule has 0 aliphatic carbocycles. The van der Waals surface area contributed by atoms with Crippen molar-refractivity contribution in [2.24, 2.45) is 0 Å². The highest BCUT2D eigenvalue weighted by atomic mass is 79.9. The number of nitrogens with one attached hydrogen (secondary N) is 1. The van der Waals surface area contributed by atoms with Gasteiger partial charge in [0.1, 0.15) is 11.6 Å². The van der Waals surface area contributed by atoms with E-state index in [1.165, 1.54) is 12.1 Å². The minimum atomic E-state index is -0.548. The van der Waals surface area contributed by atoms with Crippen molar-refractivity contribution in [2.45, 2.75) is 6.04 Å². The largest absolute Gasteiger partial charge is 0.309 e. The molecule has 0 aliphatic heterocycles. The van der Waals surface area contributed by atoms with Crippen molar-refractivity contribution < 1.29 is 8.78 Å². The average molecular weight is 381 g/mol.